The van der Waals surface area contributed by atoms with Crippen LogP contribution in [-0.4, -0.2) is 17.4 Å². The number of ether oxygens (including phenoxy) is 2. The van der Waals surface area contributed by atoms with Crippen molar-refractivity contribution in [3.63, 3.8) is 0 Å². The fourth-order valence-electron chi connectivity index (χ4n) is 3.82. The molecule has 0 saturated carbocycles. The number of carbonyl (C=O) groups is 1. The summed E-state index contributed by atoms with van der Waals surface area (Å²) in [4.78, 5) is 23.3. The normalized spacial score (nSPS) is 11.0. The Morgan fingerprint density at radius 3 is 2.54 bits per heavy atom. The molecule has 0 fully saturated rings. The number of nitrogens with one attached hydrogen (secondary N) is 1. The average Bonchev–Trinajstić information content (AvgIpc) is 2.91. The molecule has 4 rings (SSSR count). The summed E-state index contributed by atoms with van der Waals surface area (Å²) in [6.07, 6.45) is 1.39. The number of fused-ring (bicyclic) bond motifs is 1. The van der Waals surface area contributed by atoms with Gasteiger partial charge in [-0.15, -0.1) is 0 Å². The van der Waals surface area contributed by atoms with Gasteiger partial charge in [0.05, 0.1) is 11.5 Å². The van der Waals surface area contributed by atoms with Crippen LogP contribution in [0.4, 0.5) is 11.4 Å². The fourth-order valence-corrected chi connectivity index (χ4v) is 3.82. The summed E-state index contributed by atoms with van der Waals surface area (Å²) >= 11 is 0. The lowest BCUT2D eigenvalue weighted by atomic mass is 10.1. The molecule has 0 aromatic heterocycles. The quantitative estimate of drug-likeness (QED) is 0.127. The minimum Gasteiger partial charge on any atom is -0.490 e. The van der Waals surface area contributed by atoms with Crippen molar-refractivity contribution in [1.82, 2.24) is 0 Å². The van der Waals surface area contributed by atoms with Gasteiger partial charge in [-0.25, -0.2) is 0 Å². The lowest BCUT2D eigenvalue weighted by molar-refractivity contribution is -0.383. The fraction of sp³-hybridized carbons (Fsp3) is 0.103. The number of nitro groups is 1. The van der Waals surface area contributed by atoms with E-state index in [1.54, 1.807) is 24.3 Å². The third-order valence-corrected chi connectivity index (χ3v) is 5.56. The second kappa shape index (κ2) is 11.5. The topological polar surface area (TPSA) is 114 Å². The van der Waals surface area contributed by atoms with E-state index in [4.69, 9.17) is 9.47 Å². The molecule has 1 amide bonds. The number of para-hydroxylation sites is 2. The summed E-state index contributed by atoms with van der Waals surface area (Å²) < 4.78 is 11.8. The average molecular weight is 494 g/mol. The zero-order chi connectivity index (χ0) is 26.2. The van der Waals surface area contributed by atoms with E-state index in [1.807, 2.05) is 55.5 Å². The van der Waals surface area contributed by atoms with E-state index < -0.39 is 10.8 Å². The number of hydrogen-bond donors (Lipinski definition) is 1. The van der Waals surface area contributed by atoms with Gasteiger partial charge in [-0.05, 0) is 53.1 Å². The van der Waals surface area contributed by atoms with Gasteiger partial charge in [0.15, 0.2) is 11.5 Å². The molecule has 0 saturated heterocycles. The summed E-state index contributed by atoms with van der Waals surface area (Å²) in [5.74, 6) is 0.230. The molecule has 0 unspecified atom stereocenters. The first-order chi connectivity index (χ1) is 18.0. The number of carbonyl (C=O) groups excluding carboxylic acids is 1. The molecule has 184 valence electrons. The van der Waals surface area contributed by atoms with Crippen molar-refractivity contribution in [3.05, 3.63) is 112 Å². The van der Waals surface area contributed by atoms with Crippen LogP contribution in [0, 0.1) is 21.4 Å². The Morgan fingerprint density at radius 1 is 1.00 bits per heavy atom. The van der Waals surface area contributed by atoms with Crippen molar-refractivity contribution < 1.29 is 19.2 Å². The molecule has 4 aromatic rings. The molecule has 0 atom stereocenters. The highest BCUT2D eigenvalue weighted by Gasteiger charge is 2.17. The maximum absolute atomic E-state index is 12.7. The van der Waals surface area contributed by atoms with Gasteiger partial charge in [0, 0.05) is 6.07 Å². The predicted molar refractivity (Wildman–Crippen MR) is 141 cm³/mol. The molecule has 8 heteroatoms. The third kappa shape index (κ3) is 5.92. The summed E-state index contributed by atoms with van der Waals surface area (Å²) in [5.41, 5.74) is 1.09. The van der Waals surface area contributed by atoms with Crippen molar-refractivity contribution in [2.45, 2.75) is 13.5 Å². The van der Waals surface area contributed by atoms with Crippen LogP contribution >= 0.6 is 0 Å². The Hall–Kier alpha value is -5.16. The summed E-state index contributed by atoms with van der Waals surface area (Å²) in [5, 5.41) is 25.5. The lowest BCUT2D eigenvalue weighted by Crippen LogP contribution is -2.14. The summed E-state index contributed by atoms with van der Waals surface area (Å²) in [6.45, 7) is 2.57. The van der Waals surface area contributed by atoms with Crippen LogP contribution in [0.1, 0.15) is 18.1 Å². The second-order valence-corrected chi connectivity index (χ2v) is 7.96. The van der Waals surface area contributed by atoms with Gasteiger partial charge in [0.1, 0.15) is 23.9 Å². The first-order valence-electron chi connectivity index (χ1n) is 11.5. The van der Waals surface area contributed by atoms with Gasteiger partial charge >= 0.3 is 0 Å². The molecule has 8 nitrogen and oxygen atoms in total. The van der Waals surface area contributed by atoms with Crippen LogP contribution in [0.15, 0.2) is 90.5 Å². The Labute approximate surface area is 213 Å². The molecule has 0 aliphatic carbocycles. The maximum Gasteiger partial charge on any atom is 0.292 e. The van der Waals surface area contributed by atoms with Crippen LogP contribution in [0.5, 0.6) is 11.5 Å². The van der Waals surface area contributed by atoms with Gasteiger partial charge in [0.2, 0.25) is 0 Å². The zero-order valence-corrected chi connectivity index (χ0v) is 20.0. The maximum atomic E-state index is 12.7. The van der Waals surface area contributed by atoms with Crippen molar-refractivity contribution in [1.29, 1.82) is 5.26 Å². The highest BCUT2D eigenvalue weighted by Crippen LogP contribution is 2.31. The Balaban J connectivity index is 1.55. The van der Waals surface area contributed by atoms with E-state index in [9.17, 15) is 20.2 Å². The van der Waals surface area contributed by atoms with E-state index in [1.165, 1.54) is 24.3 Å². The molecule has 37 heavy (non-hydrogen) atoms. The Morgan fingerprint density at radius 2 is 1.76 bits per heavy atom. The number of rotatable bonds is 9. The van der Waals surface area contributed by atoms with E-state index in [0.717, 1.165) is 16.3 Å². The zero-order valence-electron chi connectivity index (χ0n) is 20.0. The SMILES string of the molecule is CCOc1cc(/C=C(/C#N)C(=O)Nc2ccccc2[N+](=O)[O-])ccc1OCc1cccc2ccccc12. The predicted octanol–water partition coefficient (Wildman–Crippen LogP) is 6.27. The standard InChI is InChI=1S/C29H23N3O5/c1-2-36-28-17-20(16-23(18-30)29(33)31-25-12-5-6-13-26(25)32(34)35)14-15-27(28)37-19-22-10-7-9-21-8-3-4-11-24(21)22/h3-17H,2,19H2,1H3,(H,31,33)/b23-16-. The summed E-state index contributed by atoms with van der Waals surface area (Å²) in [6, 6.07) is 26.8. The van der Waals surface area contributed by atoms with Crippen LogP contribution in [0.3, 0.4) is 0 Å². The molecule has 0 aliphatic heterocycles. The molecular weight excluding hydrogens is 470 g/mol. The largest absolute Gasteiger partial charge is 0.490 e. The third-order valence-electron chi connectivity index (χ3n) is 5.56. The minimum absolute atomic E-state index is 0.00541. The van der Waals surface area contributed by atoms with Gasteiger partial charge < -0.3 is 14.8 Å². The molecular formula is C29H23N3O5. The highest BCUT2D eigenvalue weighted by molar-refractivity contribution is 6.10. The summed E-state index contributed by atoms with van der Waals surface area (Å²) in [7, 11) is 0. The van der Waals surface area contributed by atoms with Crippen molar-refractivity contribution >= 4 is 34.1 Å². The van der Waals surface area contributed by atoms with Gasteiger partial charge in [-0.2, -0.15) is 5.26 Å². The van der Waals surface area contributed by atoms with Crippen LogP contribution in [0.2, 0.25) is 0 Å². The van der Waals surface area contributed by atoms with Gasteiger partial charge in [-0.1, -0.05) is 60.7 Å². The van der Waals surface area contributed by atoms with Crippen LogP contribution in [0.25, 0.3) is 16.8 Å². The number of nitrogens with zero attached hydrogens (tertiary/aromatic N) is 2. The Bertz CT molecular complexity index is 1530. The number of anilines is 1. The van der Waals surface area contributed by atoms with E-state index in [0.29, 0.717) is 30.3 Å². The van der Waals surface area contributed by atoms with E-state index >= 15 is 0 Å². The molecule has 0 heterocycles. The van der Waals surface area contributed by atoms with E-state index in [-0.39, 0.29) is 16.9 Å². The molecule has 0 bridgehead atoms. The first kappa shape index (κ1) is 24.9. The molecule has 4 aromatic carbocycles. The minimum atomic E-state index is -0.758. The number of benzene rings is 4. The number of nitriles is 1. The monoisotopic (exact) mass is 493 g/mol. The van der Waals surface area contributed by atoms with Crippen LogP contribution < -0.4 is 14.8 Å². The molecule has 1 N–H and O–H groups in total. The van der Waals surface area contributed by atoms with Gasteiger partial charge in [0.25, 0.3) is 11.6 Å². The van der Waals surface area contributed by atoms with Crippen LogP contribution in [-0.2, 0) is 11.4 Å². The number of hydrogen-bond acceptors (Lipinski definition) is 6. The van der Waals surface area contributed by atoms with Gasteiger partial charge in [-0.3, -0.25) is 14.9 Å². The molecule has 0 radical (unpaired) electrons. The highest BCUT2D eigenvalue weighted by atomic mass is 16.6. The number of amides is 1. The first-order valence-corrected chi connectivity index (χ1v) is 11.5. The van der Waals surface area contributed by atoms with Crippen molar-refractivity contribution in [3.8, 4) is 17.6 Å². The second-order valence-electron chi connectivity index (χ2n) is 7.96. The van der Waals surface area contributed by atoms with Crippen molar-refractivity contribution in [2.75, 3.05) is 11.9 Å². The lowest BCUT2D eigenvalue weighted by Gasteiger charge is -2.14. The van der Waals surface area contributed by atoms with Crippen molar-refractivity contribution in [2.24, 2.45) is 0 Å². The molecule has 0 aliphatic rings. The Kier molecular flexibility index (Phi) is 7.76. The molecule has 0 spiro atoms. The van der Waals surface area contributed by atoms with E-state index in [2.05, 4.69) is 5.32 Å². The number of nitro benzene ring substituents is 1. The smallest absolute Gasteiger partial charge is 0.292 e.